The predicted molar refractivity (Wildman–Crippen MR) is 133 cm³/mol. The van der Waals surface area contributed by atoms with Gasteiger partial charge in [-0.05, 0) is 53.6 Å². The Labute approximate surface area is 210 Å². The molecule has 0 aliphatic carbocycles. The van der Waals surface area contributed by atoms with E-state index in [2.05, 4.69) is 24.0 Å². The summed E-state index contributed by atoms with van der Waals surface area (Å²) in [6, 6.07) is 13.2. The lowest BCUT2D eigenvalue weighted by Gasteiger charge is -2.37. The molecular weight excluding hydrogens is 489 g/mol. The molecule has 0 aromatic heterocycles. The molecule has 2 aromatic carbocycles. The Kier molecular flexibility index (Phi) is 10.7. The van der Waals surface area contributed by atoms with E-state index < -0.39 is 22.0 Å². The van der Waals surface area contributed by atoms with Gasteiger partial charge in [0.2, 0.25) is 0 Å². The third-order valence-corrected chi connectivity index (χ3v) is 6.71. The van der Waals surface area contributed by atoms with Gasteiger partial charge in [-0.2, -0.15) is 0 Å². The first-order valence-electron chi connectivity index (χ1n) is 11.3. The van der Waals surface area contributed by atoms with Crippen molar-refractivity contribution in [3.8, 4) is 0 Å². The molecule has 11 heteroatoms. The topological polar surface area (TPSA) is 136 Å². The molecule has 0 unspecified atom stereocenters. The molecule has 0 bridgehead atoms. The number of carbonyl (C=O) groups is 2. The van der Waals surface area contributed by atoms with Crippen molar-refractivity contribution in [2.45, 2.75) is 44.7 Å². The van der Waals surface area contributed by atoms with Crippen LogP contribution in [0.2, 0.25) is 0 Å². The average molecular weight is 522 g/mol. The minimum Gasteiger partial charge on any atom is -0.478 e. The highest BCUT2D eigenvalue weighted by atomic mass is 32.2. The van der Waals surface area contributed by atoms with Crippen LogP contribution in [0.5, 0.6) is 0 Å². The van der Waals surface area contributed by atoms with E-state index >= 15 is 0 Å². The number of carboxylic acids is 2. The van der Waals surface area contributed by atoms with Crippen molar-refractivity contribution in [1.29, 1.82) is 0 Å². The van der Waals surface area contributed by atoms with Crippen molar-refractivity contribution in [1.82, 2.24) is 15.2 Å². The molecule has 0 spiro atoms. The van der Waals surface area contributed by atoms with E-state index in [1.165, 1.54) is 12.1 Å². The van der Waals surface area contributed by atoms with Crippen molar-refractivity contribution >= 4 is 22.0 Å². The maximum absolute atomic E-state index is 12.9. The van der Waals surface area contributed by atoms with Gasteiger partial charge < -0.3 is 15.5 Å². The molecule has 0 saturated carbocycles. The van der Waals surface area contributed by atoms with Crippen LogP contribution in [0, 0.1) is 11.2 Å². The van der Waals surface area contributed by atoms with E-state index in [0.717, 1.165) is 30.5 Å². The van der Waals surface area contributed by atoms with E-state index in [4.69, 9.17) is 10.2 Å². The van der Waals surface area contributed by atoms with Gasteiger partial charge in [-0.15, -0.1) is 4.83 Å². The van der Waals surface area contributed by atoms with Crippen molar-refractivity contribution in [3.05, 3.63) is 77.6 Å². The molecule has 9 nitrogen and oxygen atoms in total. The minimum atomic E-state index is -3.57. The van der Waals surface area contributed by atoms with Crippen LogP contribution in [0.1, 0.15) is 37.8 Å². The van der Waals surface area contributed by atoms with Gasteiger partial charge in [0.05, 0.1) is 4.90 Å². The van der Waals surface area contributed by atoms with Gasteiger partial charge in [0.1, 0.15) is 5.82 Å². The molecule has 1 fully saturated rings. The Hall–Kier alpha value is -3.12. The molecule has 4 N–H and O–H groups in total. The first kappa shape index (κ1) is 29.1. The number of piperidine rings is 1. The molecule has 2 aromatic rings. The Morgan fingerprint density at radius 1 is 0.972 bits per heavy atom. The quantitative estimate of drug-likeness (QED) is 0.370. The number of rotatable bonds is 9. The Morgan fingerprint density at radius 2 is 1.47 bits per heavy atom. The first-order chi connectivity index (χ1) is 16.9. The number of carboxylic acid groups (broad SMARTS) is 2. The maximum Gasteiger partial charge on any atom is 0.328 e. The summed E-state index contributed by atoms with van der Waals surface area (Å²) in [5, 5.41) is 20.7. The normalized spacial score (nSPS) is 15.8. The second-order valence-corrected chi connectivity index (χ2v) is 10.8. The van der Waals surface area contributed by atoms with Gasteiger partial charge in [0, 0.05) is 38.3 Å². The number of nitrogens with one attached hydrogen (secondary N) is 2. The molecule has 3 rings (SSSR count). The molecule has 1 heterocycles. The lowest BCUT2D eigenvalue weighted by Crippen LogP contribution is -2.49. The highest BCUT2D eigenvalue weighted by Gasteiger charge is 2.29. The van der Waals surface area contributed by atoms with Crippen molar-refractivity contribution < 1.29 is 32.6 Å². The number of sulfonamides is 1. The zero-order chi connectivity index (χ0) is 26.8. The highest BCUT2D eigenvalue weighted by molar-refractivity contribution is 7.89. The lowest BCUT2D eigenvalue weighted by molar-refractivity contribution is -0.134. The third-order valence-electron chi connectivity index (χ3n) is 5.32. The Bertz CT molecular complexity index is 1130. The zero-order valence-electron chi connectivity index (χ0n) is 20.3. The van der Waals surface area contributed by atoms with E-state index in [9.17, 15) is 22.4 Å². The monoisotopic (exact) mass is 521 g/mol. The number of hydrazine groups is 1. The molecule has 1 aliphatic heterocycles. The zero-order valence-corrected chi connectivity index (χ0v) is 21.1. The van der Waals surface area contributed by atoms with E-state index in [-0.39, 0.29) is 16.1 Å². The number of hydrogen-bond acceptors (Lipinski definition) is 6. The van der Waals surface area contributed by atoms with Crippen LogP contribution in [-0.4, -0.2) is 48.7 Å². The number of nitrogens with zero attached hydrogens (tertiary/aromatic N) is 1. The molecule has 0 amide bonds. The van der Waals surface area contributed by atoms with Crippen molar-refractivity contribution in [2.75, 3.05) is 13.1 Å². The predicted octanol–water partition coefficient (Wildman–Crippen LogP) is 3.14. The number of benzene rings is 2. The summed E-state index contributed by atoms with van der Waals surface area (Å²) in [5.41, 5.74) is 2.09. The van der Waals surface area contributed by atoms with Crippen LogP contribution in [0.25, 0.3) is 0 Å². The van der Waals surface area contributed by atoms with Crippen LogP contribution in [0.15, 0.2) is 65.6 Å². The summed E-state index contributed by atoms with van der Waals surface area (Å²) < 4.78 is 38.2. The van der Waals surface area contributed by atoms with Crippen molar-refractivity contribution in [3.63, 3.8) is 0 Å². The molecule has 36 heavy (non-hydrogen) atoms. The van der Waals surface area contributed by atoms with Gasteiger partial charge >= 0.3 is 11.9 Å². The fourth-order valence-corrected chi connectivity index (χ4v) is 4.70. The van der Waals surface area contributed by atoms with Gasteiger partial charge in [-0.3, -0.25) is 0 Å². The highest BCUT2D eigenvalue weighted by Crippen LogP contribution is 2.27. The van der Waals surface area contributed by atoms with Crippen LogP contribution < -0.4 is 10.1 Å². The minimum absolute atomic E-state index is 0.112. The fourth-order valence-electron chi connectivity index (χ4n) is 3.61. The van der Waals surface area contributed by atoms with E-state index in [1.54, 1.807) is 29.3 Å². The van der Waals surface area contributed by atoms with E-state index in [1.807, 2.05) is 12.1 Å². The lowest BCUT2D eigenvalue weighted by atomic mass is 9.85. The average Bonchev–Trinajstić information content (AvgIpc) is 2.79. The molecule has 196 valence electrons. The van der Waals surface area contributed by atoms with Gasteiger partial charge in [-0.25, -0.2) is 27.4 Å². The summed E-state index contributed by atoms with van der Waals surface area (Å²) in [7, 11) is -3.57. The summed E-state index contributed by atoms with van der Waals surface area (Å²) >= 11 is 0. The van der Waals surface area contributed by atoms with Crippen molar-refractivity contribution in [2.24, 2.45) is 5.41 Å². The Balaban J connectivity index is 0.000000493. The molecule has 1 saturated heterocycles. The summed E-state index contributed by atoms with van der Waals surface area (Å²) in [4.78, 5) is 22.1. The van der Waals surface area contributed by atoms with Crippen LogP contribution >= 0.6 is 0 Å². The summed E-state index contributed by atoms with van der Waals surface area (Å²) in [6.45, 7) is 6.96. The summed E-state index contributed by atoms with van der Waals surface area (Å²) in [5.74, 6) is -2.76. The van der Waals surface area contributed by atoms with Gasteiger partial charge in [-0.1, -0.05) is 38.1 Å². The maximum atomic E-state index is 12.9. The number of hydrogen-bond donors (Lipinski definition) is 4. The number of halogens is 1. The van der Waals surface area contributed by atoms with E-state index in [0.29, 0.717) is 31.8 Å². The van der Waals surface area contributed by atoms with Crippen LogP contribution in [0.4, 0.5) is 4.39 Å². The summed E-state index contributed by atoms with van der Waals surface area (Å²) in [6.07, 6.45) is 3.20. The second kappa shape index (κ2) is 13.3. The van der Waals surface area contributed by atoms with Gasteiger partial charge in [0.15, 0.2) is 0 Å². The van der Waals surface area contributed by atoms with Gasteiger partial charge in [0.25, 0.3) is 10.0 Å². The molecular formula is C25H32FN3O6S. The molecule has 0 atom stereocenters. The fraction of sp³-hybridized carbons (Fsp3) is 0.360. The first-order valence-corrected chi connectivity index (χ1v) is 12.8. The van der Waals surface area contributed by atoms with Crippen LogP contribution in [0.3, 0.4) is 0 Å². The smallest absolute Gasteiger partial charge is 0.328 e. The standard InChI is InChI=1S/C21H28FN3O2S.C4H4O4/c1-21(2)12-3-13-25(16-21)24-28(26,27)20-10-6-18(7-11-20)15-23-14-17-4-8-19(22)9-5-17;5-3(6)1-2-4(7)8/h4-11,23-24H,3,12-16H2,1-2H3;1-2H,(H,5,6)(H,7,8)/b;2-1-. The molecule has 0 radical (unpaired) electrons. The second-order valence-electron chi connectivity index (χ2n) is 9.17. The molecule has 1 aliphatic rings. The largest absolute Gasteiger partial charge is 0.478 e. The third kappa shape index (κ3) is 10.6. The Morgan fingerprint density at radius 3 is 1.94 bits per heavy atom. The SMILES string of the molecule is CC1(C)CCCN(NS(=O)(=O)c2ccc(CNCc3ccc(F)cc3)cc2)C1.O=C(O)/C=C\C(=O)O. The number of aliphatic carboxylic acids is 2. The van der Waals surface area contributed by atoms with Crippen LogP contribution in [-0.2, 0) is 32.7 Å².